The Hall–Kier alpha value is -3.06. The number of nitrogens with one attached hydrogen (secondary N) is 3. The average molecular weight is 426 g/mol. The molecule has 1 aromatic carbocycles. The van der Waals surface area contributed by atoms with Gasteiger partial charge in [-0.25, -0.2) is 9.59 Å². The van der Waals surface area contributed by atoms with Crippen LogP contribution >= 0.6 is 0 Å². The van der Waals surface area contributed by atoms with Crippen LogP contribution in [0.15, 0.2) is 30.3 Å². The van der Waals surface area contributed by atoms with Gasteiger partial charge in [-0.3, -0.25) is 0 Å². The monoisotopic (exact) mass is 425 g/mol. The normalized spacial score (nSPS) is 11.6. The van der Waals surface area contributed by atoms with E-state index >= 15 is 0 Å². The molecule has 0 aliphatic heterocycles. The lowest BCUT2D eigenvalue weighted by Crippen LogP contribution is -2.24. The number of para-hydroxylation sites is 1. The highest BCUT2D eigenvalue weighted by Gasteiger charge is 2.29. The number of fused-ring (bicyclic) bond motifs is 1. The summed E-state index contributed by atoms with van der Waals surface area (Å²) in [5.74, 6) is -0.912. The van der Waals surface area contributed by atoms with E-state index in [1.807, 2.05) is 45.9 Å². The molecule has 0 radical (unpaired) electrons. The van der Waals surface area contributed by atoms with Gasteiger partial charge in [0, 0.05) is 30.0 Å². The third-order valence-electron chi connectivity index (χ3n) is 4.82. The Morgan fingerprint density at radius 1 is 1.03 bits per heavy atom. The highest BCUT2D eigenvalue weighted by molar-refractivity contribution is 5.99. The summed E-state index contributed by atoms with van der Waals surface area (Å²) in [7, 11) is 0. The van der Waals surface area contributed by atoms with E-state index in [2.05, 4.69) is 27.4 Å². The van der Waals surface area contributed by atoms with Crippen molar-refractivity contribution in [2.45, 2.75) is 59.7 Å². The summed E-state index contributed by atoms with van der Waals surface area (Å²) in [4.78, 5) is 31.9. The average Bonchev–Trinajstić information content (AvgIpc) is 3.27. The van der Waals surface area contributed by atoms with Crippen LogP contribution in [0.2, 0.25) is 0 Å². The van der Waals surface area contributed by atoms with Crippen LogP contribution in [0.25, 0.3) is 10.9 Å². The van der Waals surface area contributed by atoms with Crippen LogP contribution < -0.4 is 5.32 Å². The number of hydrogen-bond acceptors (Lipinski definition) is 5. The molecule has 0 aliphatic carbocycles. The van der Waals surface area contributed by atoms with E-state index in [-0.39, 0.29) is 6.61 Å². The minimum absolute atomic E-state index is 0.261. The topological polar surface area (TPSA) is 96.2 Å². The van der Waals surface area contributed by atoms with Crippen LogP contribution in [0.1, 0.15) is 72.4 Å². The zero-order chi connectivity index (χ0) is 22.6. The Labute approximate surface area is 182 Å². The van der Waals surface area contributed by atoms with Crippen LogP contribution in [0, 0.1) is 0 Å². The van der Waals surface area contributed by atoms with Crippen molar-refractivity contribution >= 4 is 22.8 Å². The molecule has 166 valence electrons. The first-order valence-corrected chi connectivity index (χ1v) is 10.6. The van der Waals surface area contributed by atoms with E-state index < -0.39 is 17.5 Å². The summed E-state index contributed by atoms with van der Waals surface area (Å²) in [5.41, 5.74) is 3.44. The second kappa shape index (κ2) is 9.39. The second-order valence-electron chi connectivity index (χ2n) is 8.39. The molecule has 0 unspecified atom stereocenters. The molecule has 0 aliphatic rings. The van der Waals surface area contributed by atoms with Gasteiger partial charge in [0.25, 0.3) is 0 Å². The molecule has 2 aromatic heterocycles. The molecule has 0 spiro atoms. The van der Waals surface area contributed by atoms with Crippen molar-refractivity contribution in [3.63, 3.8) is 0 Å². The van der Waals surface area contributed by atoms with Gasteiger partial charge < -0.3 is 24.8 Å². The molecule has 2 heterocycles. The number of aromatic amines is 2. The Balaban J connectivity index is 1.84. The quantitative estimate of drug-likeness (QED) is 0.463. The van der Waals surface area contributed by atoms with Gasteiger partial charge in [0.15, 0.2) is 0 Å². The van der Waals surface area contributed by atoms with Gasteiger partial charge >= 0.3 is 11.9 Å². The van der Waals surface area contributed by atoms with E-state index in [9.17, 15) is 9.59 Å². The van der Waals surface area contributed by atoms with E-state index in [0.29, 0.717) is 42.0 Å². The predicted molar refractivity (Wildman–Crippen MR) is 120 cm³/mol. The molecule has 0 saturated carbocycles. The lowest BCUT2D eigenvalue weighted by Gasteiger charge is -2.19. The van der Waals surface area contributed by atoms with Gasteiger partial charge in [-0.15, -0.1) is 0 Å². The molecule has 31 heavy (non-hydrogen) atoms. The SMILES string of the molecule is CCOC(=O)c1c(CNCc2cc3ccccc3[nH]2)[nH]c(C(=O)OC(C)(C)C)c1CC. The molecular weight excluding hydrogens is 394 g/mol. The fraction of sp³-hybridized carbons (Fsp3) is 0.417. The number of H-pyrrole nitrogens is 2. The summed E-state index contributed by atoms with van der Waals surface area (Å²) >= 11 is 0. The minimum Gasteiger partial charge on any atom is -0.462 e. The summed E-state index contributed by atoms with van der Waals surface area (Å²) in [5, 5.41) is 4.49. The van der Waals surface area contributed by atoms with Gasteiger partial charge in [-0.05, 0) is 57.2 Å². The van der Waals surface area contributed by atoms with Crippen molar-refractivity contribution in [2.24, 2.45) is 0 Å². The van der Waals surface area contributed by atoms with E-state index in [0.717, 1.165) is 16.6 Å². The highest BCUT2D eigenvalue weighted by atomic mass is 16.6. The predicted octanol–water partition coefficient (Wildman–Crippen LogP) is 4.48. The second-order valence-corrected chi connectivity index (χ2v) is 8.39. The number of rotatable bonds is 8. The number of aromatic nitrogens is 2. The maximum Gasteiger partial charge on any atom is 0.355 e. The third kappa shape index (κ3) is 5.35. The van der Waals surface area contributed by atoms with E-state index in [1.54, 1.807) is 6.92 Å². The smallest absolute Gasteiger partial charge is 0.355 e. The number of esters is 2. The molecule has 3 rings (SSSR count). The van der Waals surface area contributed by atoms with Crippen molar-refractivity contribution in [1.29, 1.82) is 0 Å². The summed E-state index contributed by atoms with van der Waals surface area (Å²) in [6.45, 7) is 10.3. The van der Waals surface area contributed by atoms with Crippen molar-refractivity contribution in [3.8, 4) is 0 Å². The maximum absolute atomic E-state index is 12.7. The van der Waals surface area contributed by atoms with Crippen LogP contribution in [-0.2, 0) is 29.0 Å². The fourth-order valence-electron chi connectivity index (χ4n) is 3.59. The van der Waals surface area contributed by atoms with Gasteiger partial charge in [0.2, 0.25) is 0 Å². The number of carbonyl (C=O) groups excluding carboxylic acids is 2. The summed E-state index contributed by atoms with van der Waals surface area (Å²) in [6.07, 6.45) is 0.501. The third-order valence-corrected chi connectivity index (χ3v) is 4.82. The van der Waals surface area contributed by atoms with E-state index in [4.69, 9.17) is 9.47 Å². The zero-order valence-corrected chi connectivity index (χ0v) is 18.8. The lowest BCUT2D eigenvalue weighted by molar-refractivity contribution is 0.00621. The molecule has 0 bridgehead atoms. The van der Waals surface area contributed by atoms with Crippen molar-refractivity contribution < 1.29 is 19.1 Å². The van der Waals surface area contributed by atoms with Crippen LogP contribution in [0.5, 0.6) is 0 Å². The first-order chi connectivity index (χ1) is 14.7. The number of ether oxygens (including phenoxy) is 2. The van der Waals surface area contributed by atoms with Gasteiger partial charge in [-0.2, -0.15) is 0 Å². The molecule has 0 saturated heterocycles. The minimum atomic E-state index is -0.634. The van der Waals surface area contributed by atoms with Gasteiger partial charge in [0.05, 0.1) is 12.2 Å². The molecule has 0 amide bonds. The Kier molecular flexibility index (Phi) is 6.85. The first-order valence-electron chi connectivity index (χ1n) is 10.6. The molecule has 3 N–H and O–H groups in total. The van der Waals surface area contributed by atoms with Crippen LogP contribution in [-0.4, -0.2) is 34.1 Å². The molecule has 0 fully saturated rings. The van der Waals surface area contributed by atoms with Crippen molar-refractivity contribution in [1.82, 2.24) is 15.3 Å². The van der Waals surface area contributed by atoms with Gasteiger partial charge in [-0.1, -0.05) is 25.1 Å². The van der Waals surface area contributed by atoms with E-state index in [1.165, 1.54) is 0 Å². The lowest BCUT2D eigenvalue weighted by atomic mass is 10.1. The standard InChI is InChI=1S/C24H31N3O4/c1-6-17-20(22(28)30-7-2)19(27-21(17)23(29)31-24(3,4)5)14-25-13-16-12-15-10-8-9-11-18(15)26-16/h8-12,25-27H,6-7,13-14H2,1-5H3. The highest BCUT2D eigenvalue weighted by Crippen LogP contribution is 2.24. The summed E-state index contributed by atoms with van der Waals surface area (Å²) < 4.78 is 10.8. The summed E-state index contributed by atoms with van der Waals surface area (Å²) in [6, 6.07) is 10.2. The Morgan fingerprint density at radius 2 is 1.77 bits per heavy atom. The van der Waals surface area contributed by atoms with Crippen LogP contribution in [0.4, 0.5) is 0 Å². The number of benzene rings is 1. The first kappa shape index (κ1) is 22.6. The molecule has 7 heteroatoms. The Morgan fingerprint density at radius 3 is 2.42 bits per heavy atom. The van der Waals surface area contributed by atoms with Crippen molar-refractivity contribution in [2.75, 3.05) is 6.61 Å². The molecule has 0 atom stereocenters. The Bertz CT molecular complexity index is 1040. The van der Waals surface area contributed by atoms with Gasteiger partial charge in [0.1, 0.15) is 11.3 Å². The number of hydrogen-bond donors (Lipinski definition) is 3. The fourth-order valence-corrected chi connectivity index (χ4v) is 3.59. The van der Waals surface area contributed by atoms with Crippen LogP contribution in [0.3, 0.4) is 0 Å². The molecule has 3 aromatic rings. The van der Waals surface area contributed by atoms with Crippen molar-refractivity contribution in [3.05, 3.63) is 58.5 Å². The molecule has 7 nitrogen and oxygen atoms in total. The largest absolute Gasteiger partial charge is 0.462 e. The maximum atomic E-state index is 12.7. The number of carbonyl (C=O) groups is 2. The molecular formula is C24H31N3O4. The zero-order valence-electron chi connectivity index (χ0n) is 18.8.